The highest BCUT2D eigenvalue weighted by atomic mass is 16.5. The number of ether oxygens (including phenoxy) is 3. The number of hydrogen-bond acceptors (Lipinski definition) is 4. The number of carbonyl (C=O) groups excluding carboxylic acids is 1. The average molecular weight is 462 g/mol. The van der Waals surface area contributed by atoms with Gasteiger partial charge in [0.15, 0.2) is 11.5 Å². The molecule has 0 bridgehead atoms. The zero-order chi connectivity index (χ0) is 25.0. The monoisotopic (exact) mass is 461 g/mol. The van der Waals surface area contributed by atoms with E-state index in [9.17, 15) is 4.79 Å². The van der Waals surface area contributed by atoms with Gasteiger partial charge < -0.3 is 19.1 Å². The van der Waals surface area contributed by atoms with Crippen LogP contribution in [0.3, 0.4) is 0 Å². The molecule has 5 heteroatoms. The van der Waals surface area contributed by atoms with E-state index in [1.807, 2.05) is 20.2 Å². The van der Waals surface area contributed by atoms with Crippen molar-refractivity contribution in [3.63, 3.8) is 0 Å². The Balaban J connectivity index is 2.87. The van der Waals surface area contributed by atoms with E-state index in [0.717, 1.165) is 37.2 Å². The summed E-state index contributed by atoms with van der Waals surface area (Å²) >= 11 is 0. The van der Waals surface area contributed by atoms with Crippen LogP contribution in [0.4, 0.5) is 0 Å². The number of benzene rings is 1. The molecule has 0 aliphatic rings. The van der Waals surface area contributed by atoms with Crippen LogP contribution in [0.2, 0.25) is 0 Å². The Morgan fingerprint density at radius 1 is 1.03 bits per heavy atom. The predicted octanol–water partition coefficient (Wildman–Crippen LogP) is 6.01. The molecule has 1 aromatic rings. The molecule has 188 valence electrons. The molecule has 5 nitrogen and oxygen atoms in total. The molecule has 0 spiro atoms. The van der Waals surface area contributed by atoms with Gasteiger partial charge in [-0.1, -0.05) is 52.8 Å². The Morgan fingerprint density at radius 3 is 2.24 bits per heavy atom. The van der Waals surface area contributed by atoms with Gasteiger partial charge in [0.05, 0.1) is 13.7 Å². The lowest BCUT2D eigenvalue weighted by atomic mass is 9.75. The van der Waals surface area contributed by atoms with E-state index >= 15 is 0 Å². The van der Waals surface area contributed by atoms with Gasteiger partial charge in [-0.3, -0.25) is 4.79 Å². The smallest absolute Gasteiger partial charge is 0.225 e. The maximum absolute atomic E-state index is 12.5. The Bertz CT molecular complexity index is 734. The number of hydrogen-bond donors (Lipinski definition) is 0. The van der Waals surface area contributed by atoms with Crippen LogP contribution in [-0.4, -0.2) is 52.3 Å². The normalized spacial score (nSPS) is 13.9. The van der Waals surface area contributed by atoms with Gasteiger partial charge in [0.1, 0.15) is 0 Å². The summed E-state index contributed by atoms with van der Waals surface area (Å²) in [7, 11) is 7.04. The summed E-state index contributed by atoms with van der Waals surface area (Å²) in [5.41, 5.74) is 1.40. The van der Waals surface area contributed by atoms with Gasteiger partial charge in [-0.2, -0.15) is 0 Å². The first kappa shape index (κ1) is 29.0. The van der Waals surface area contributed by atoms with Crippen molar-refractivity contribution < 1.29 is 19.0 Å². The first-order valence-corrected chi connectivity index (χ1v) is 12.2. The average Bonchev–Trinajstić information content (AvgIpc) is 2.74. The van der Waals surface area contributed by atoms with Gasteiger partial charge in [0, 0.05) is 40.2 Å². The van der Waals surface area contributed by atoms with E-state index in [2.05, 4.69) is 58.9 Å². The highest BCUT2D eigenvalue weighted by Crippen LogP contribution is 2.35. The van der Waals surface area contributed by atoms with Gasteiger partial charge in [-0.25, -0.2) is 0 Å². The minimum absolute atomic E-state index is 0.0312. The summed E-state index contributed by atoms with van der Waals surface area (Å²) in [6.45, 7) is 12.4. The molecule has 0 aromatic heterocycles. The largest absolute Gasteiger partial charge is 0.493 e. The standard InChI is InChI=1S/C28H47NO4/c1-21(2)24(27(30)29(6)7)14-11-10-13-23(28(3,4)5)19-22-15-16-25(32-9)26(20-22)33-18-12-17-31-8/h10-11,15-16,20-21,23-24H,12-14,17-19H2,1-9H3/b11-10+/t23-,24+/m1/s1. The summed E-state index contributed by atoms with van der Waals surface area (Å²) in [5.74, 6) is 2.57. The number of allylic oxidation sites excluding steroid dienone is 2. The molecule has 1 rings (SSSR count). The van der Waals surface area contributed by atoms with Crippen molar-refractivity contribution in [1.29, 1.82) is 0 Å². The van der Waals surface area contributed by atoms with Gasteiger partial charge in [-0.15, -0.1) is 0 Å². The quantitative estimate of drug-likeness (QED) is 0.251. The fourth-order valence-electron chi connectivity index (χ4n) is 3.87. The molecule has 0 radical (unpaired) electrons. The Hall–Kier alpha value is -2.01. The van der Waals surface area contributed by atoms with Crippen molar-refractivity contribution >= 4 is 5.91 Å². The fourth-order valence-corrected chi connectivity index (χ4v) is 3.87. The van der Waals surface area contributed by atoms with E-state index in [-0.39, 0.29) is 17.2 Å². The van der Waals surface area contributed by atoms with E-state index in [0.29, 0.717) is 25.0 Å². The van der Waals surface area contributed by atoms with E-state index in [1.165, 1.54) is 5.56 Å². The zero-order valence-corrected chi connectivity index (χ0v) is 22.4. The van der Waals surface area contributed by atoms with Crippen molar-refractivity contribution in [2.45, 2.75) is 60.3 Å². The van der Waals surface area contributed by atoms with Crippen LogP contribution in [0, 0.1) is 23.2 Å². The lowest BCUT2D eigenvalue weighted by Crippen LogP contribution is -2.32. The van der Waals surface area contributed by atoms with Crippen LogP contribution < -0.4 is 9.47 Å². The fraction of sp³-hybridized carbons (Fsp3) is 0.679. The molecule has 0 aliphatic carbocycles. The van der Waals surface area contributed by atoms with Crippen molar-refractivity contribution in [2.75, 3.05) is 41.5 Å². The highest BCUT2D eigenvalue weighted by molar-refractivity contribution is 5.78. The van der Waals surface area contributed by atoms with Crippen LogP contribution in [0.1, 0.15) is 59.4 Å². The molecule has 0 heterocycles. The summed E-state index contributed by atoms with van der Waals surface area (Å²) in [6, 6.07) is 6.24. The molecule has 33 heavy (non-hydrogen) atoms. The minimum Gasteiger partial charge on any atom is -0.493 e. The third-order valence-corrected chi connectivity index (χ3v) is 6.23. The van der Waals surface area contributed by atoms with E-state index < -0.39 is 0 Å². The Labute approximate surface area is 202 Å². The van der Waals surface area contributed by atoms with E-state index in [4.69, 9.17) is 14.2 Å². The molecule has 0 fully saturated rings. The number of nitrogens with zero attached hydrogens (tertiary/aromatic N) is 1. The Morgan fingerprint density at radius 2 is 1.70 bits per heavy atom. The van der Waals surface area contributed by atoms with Crippen molar-refractivity contribution in [3.8, 4) is 11.5 Å². The van der Waals surface area contributed by atoms with Gasteiger partial charge in [0.2, 0.25) is 5.91 Å². The molecule has 0 unspecified atom stereocenters. The van der Waals surface area contributed by atoms with E-state index in [1.54, 1.807) is 19.1 Å². The maximum Gasteiger partial charge on any atom is 0.225 e. The summed E-state index contributed by atoms with van der Waals surface area (Å²) in [5, 5.41) is 0. The first-order chi connectivity index (χ1) is 15.5. The molecular weight excluding hydrogens is 414 g/mol. The maximum atomic E-state index is 12.5. The van der Waals surface area contributed by atoms with Crippen LogP contribution in [0.25, 0.3) is 0 Å². The van der Waals surface area contributed by atoms with Crippen LogP contribution in [0.5, 0.6) is 11.5 Å². The second kappa shape index (κ2) is 14.3. The number of amides is 1. The van der Waals surface area contributed by atoms with Crippen LogP contribution in [-0.2, 0) is 16.0 Å². The molecule has 0 aliphatic heterocycles. The van der Waals surface area contributed by atoms with Crippen LogP contribution in [0.15, 0.2) is 30.4 Å². The molecule has 0 saturated heterocycles. The minimum atomic E-state index is 0.0312. The summed E-state index contributed by atoms with van der Waals surface area (Å²) < 4.78 is 16.6. The van der Waals surface area contributed by atoms with Gasteiger partial charge >= 0.3 is 0 Å². The number of methoxy groups -OCH3 is 2. The van der Waals surface area contributed by atoms with Crippen LogP contribution >= 0.6 is 0 Å². The predicted molar refractivity (Wildman–Crippen MR) is 137 cm³/mol. The van der Waals surface area contributed by atoms with Crippen molar-refractivity contribution in [3.05, 3.63) is 35.9 Å². The van der Waals surface area contributed by atoms with Crippen molar-refractivity contribution in [1.82, 2.24) is 4.90 Å². The van der Waals surface area contributed by atoms with Gasteiger partial charge in [0.25, 0.3) is 0 Å². The SMILES string of the molecule is COCCCOc1cc(C[C@@H](C/C=C/C[C@H](C(=O)N(C)C)C(C)C)C(C)(C)C)ccc1OC. The molecule has 0 N–H and O–H groups in total. The lowest BCUT2D eigenvalue weighted by Gasteiger charge is -2.30. The lowest BCUT2D eigenvalue weighted by molar-refractivity contribution is -0.134. The summed E-state index contributed by atoms with van der Waals surface area (Å²) in [6.07, 6.45) is 8.01. The second-order valence-electron chi connectivity index (χ2n) is 10.5. The third kappa shape index (κ3) is 10.2. The third-order valence-electron chi connectivity index (χ3n) is 6.23. The number of rotatable bonds is 14. The number of carbonyl (C=O) groups is 1. The molecule has 1 amide bonds. The molecule has 0 saturated carbocycles. The first-order valence-electron chi connectivity index (χ1n) is 12.2. The molecular formula is C28H47NO4. The van der Waals surface area contributed by atoms with Crippen molar-refractivity contribution in [2.24, 2.45) is 23.2 Å². The van der Waals surface area contributed by atoms with Gasteiger partial charge in [-0.05, 0) is 54.2 Å². The highest BCUT2D eigenvalue weighted by Gasteiger charge is 2.25. The zero-order valence-electron chi connectivity index (χ0n) is 22.4. The second-order valence-corrected chi connectivity index (χ2v) is 10.5. The topological polar surface area (TPSA) is 48.0 Å². The molecule has 2 atom stereocenters. The Kier molecular flexibility index (Phi) is 12.6. The summed E-state index contributed by atoms with van der Waals surface area (Å²) in [4.78, 5) is 14.2. The molecule has 1 aromatic carbocycles.